The standard InChI is InChI=1S/C28H27N5/c1-3-18-15-21(16-18)28-32-25(26-27(29)30-13-14-33(26)28)22-11-9-20-10-12-23(31-24(20)17(22)2)19-7-5-4-6-8-19/h4-14,18,21H,3,15-16H2,1-2H3,(H2,29,30). The fourth-order valence-electron chi connectivity index (χ4n) is 5.20. The van der Waals surface area contributed by atoms with Crippen LogP contribution in [0.4, 0.5) is 5.82 Å². The first kappa shape index (κ1) is 19.9. The van der Waals surface area contributed by atoms with E-state index in [1.165, 1.54) is 19.3 Å². The molecule has 5 heteroatoms. The molecular formula is C28H27N5. The van der Waals surface area contributed by atoms with Crippen molar-refractivity contribution >= 4 is 22.2 Å². The lowest BCUT2D eigenvalue weighted by Gasteiger charge is -2.33. The quantitative estimate of drug-likeness (QED) is 0.356. The maximum absolute atomic E-state index is 6.40. The summed E-state index contributed by atoms with van der Waals surface area (Å²) in [4.78, 5) is 14.6. The van der Waals surface area contributed by atoms with Crippen LogP contribution < -0.4 is 5.73 Å². The molecule has 6 rings (SSSR count). The highest BCUT2D eigenvalue weighted by atomic mass is 15.1. The van der Waals surface area contributed by atoms with E-state index in [0.29, 0.717) is 11.7 Å². The topological polar surface area (TPSA) is 69.1 Å². The minimum atomic E-state index is 0.474. The van der Waals surface area contributed by atoms with E-state index in [1.54, 1.807) is 6.20 Å². The van der Waals surface area contributed by atoms with Gasteiger partial charge in [-0.1, -0.05) is 61.9 Å². The summed E-state index contributed by atoms with van der Waals surface area (Å²) in [5.74, 6) is 2.89. The van der Waals surface area contributed by atoms with Gasteiger partial charge in [-0.25, -0.2) is 15.0 Å². The van der Waals surface area contributed by atoms with Crippen LogP contribution in [0.5, 0.6) is 0 Å². The smallest absolute Gasteiger partial charge is 0.150 e. The van der Waals surface area contributed by atoms with Gasteiger partial charge in [-0.2, -0.15) is 0 Å². The number of anilines is 1. The average molecular weight is 434 g/mol. The van der Waals surface area contributed by atoms with Crippen LogP contribution in [-0.4, -0.2) is 19.4 Å². The van der Waals surface area contributed by atoms with Crippen LogP contribution in [0, 0.1) is 12.8 Å². The molecule has 0 saturated heterocycles. The molecule has 1 aliphatic rings. The summed E-state index contributed by atoms with van der Waals surface area (Å²) in [6, 6.07) is 18.8. The Morgan fingerprint density at radius 2 is 1.79 bits per heavy atom. The molecule has 0 radical (unpaired) electrons. The molecule has 0 atom stereocenters. The van der Waals surface area contributed by atoms with Gasteiger partial charge in [0.2, 0.25) is 0 Å². The normalized spacial score (nSPS) is 18.0. The largest absolute Gasteiger partial charge is 0.382 e. The second-order valence-corrected chi connectivity index (χ2v) is 9.16. The molecule has 0 aliphatic heterocycles. The second kappa shape index (κ2) is 7.69. The SMILES string of the molecule is CCC1CC(c2nc(-c3ccc4ccc(-c5ccccc5)nc4c3C)c3c(N)nccn23)C1. The lowest BCUT2D eigenvalue weighted by Crippen LogP contribution is -2.23. The summed E-state index contributed by atoms with van der Waals surface area (Å²) in [7, 11) is 0. The third-order valence-corrected chi connectivity index (χ3v) is 7.23. The number of hydrogen-bond donors (Lipinski definition) is 1. The van der Waals surface area contributed by atoms with Crippen LogP contribution in [0.15, 0.2) is 67.0 Å². The number of nitrogens with two attached hydrogens (primary N) is 1. The number of fused-ring (bicyclic) bond motifs is 2. The van der Waals surface area contributed by atoms with Crippen molar-refractivity contribution in [2.24, 2.45) is 5.92 Å². The minimum absolute atomic E-state index is 0.474. The van der Waals surface area contributed by atoms with Crippen molar-refractivity contribution in [3.63, 3.8) is 0 Å². The maximum atomic E-state index is 6.40. The summed E-state index contributed by atoms with van der Waals surface area (Å²) < 4.78 is 2.16. The van der Waals surface area contributed by atoms with Gasteiger partial charge in [-0.15, -0.1) is 0 Å². The molecule has 0 amide bonds. The Labute approximate surface area is 193 Å². The first-order valence-electron chi connectivity index (χ1n) is 11.7. The van der Waals surface area contributed by atoms with Crippen molar-refractivity contribution < 1.29 is 0 Å². The molecule has 5 aromatic rings. The molecule has 3 aromatic heterocycles. The Bertz CT molecular complexity index is 1480. The third kappa shape index (κ3) is 3.18. The molecular weight excluding hydrogens is 406 g/mol. The Kier molecular flexibility index (Phi) is 4.64. The highest BCUT2D eigenvalue weighted by Crippen LogP contribution is 2.44. The molecule has 1 aliphatic carbocycles. The summed E-state index contributed by atoms with van der Waals surface area (Å²) in [6.45, 7) is 4.40. The Balaban J connectivity index is 1.53. The molecule has 0 unspecified atom stereocenters. The fourth-order valence-corrected chi connectivity index (χ4v) is 5.20. The van der Waals surface area contributed by atoms with Gasteiger partial charge < -0.3 is 5.73 Å². The predicted octanol–water partition coefficient (Wildman–Crippen LogP) is 6.41. The van der Waals surface area contributed by atoms with E-state index in [-0.39, 0.29) is 0 Å². The molecule has 5 nitrogen and oxygen atoms in total. The predicted molar refractivity (Wildman–Crippen MR) is 134 cm³/mol. The van der Waals surface area contributed by atoms with E-state index in [1.807, 2.05) is 24.4 Å². The monoisotopic (exact) mass is 433 g/mol. The van der Waals surface area contributed by atoms with Crippen LogP contribution in [-0.2, 0) is 0 Å². The van der Waals surface area contributed by atoms with Crippen molar-refractivity contribution in [3.8, 4) is 22.5 Å². The molecule has 0 bridgehead atoms. The fraction of sp³-hybridized carbons (Fsp3) is 0.250. The van der Waals surface area contributed by atoms with Crippen molar-refractivity contribution in [2.45, 2.75) is 39.0 Å². The van der Waals surface area contributed by atoms with E-state index >= 15 is 0 Å². The number of nitrogen functional groups attached to an aromatic ring is 1. The van der Waals surface area contributed by atoms with Crippen LogP contribution in [0.1, 0.15) is 43.5 Å². The van der Waals surface area contributed by atoms with E-state index in [9.17, 15) is 0 Å². The van der Waals surface area contributed by atoms with Gasteiger partial charge in [0.1, 0.15) is 22.9 Å². The van der Waals surface area contributed by atoms with E-state index < -0.39 is 0 Å². The van der Waals surface area contributed by atoms with Gasteiger partial charge >= 0.3 is 0 Å². The molecule has 0 spiro atoms. The highest BCUT2D eigenvalue weighted by Gasteiger charge is 2.33. The number of benzene rings is 2. The number of aromatic nitrogens is 4. The van der Waals surface area contributed by atoms with Crippen LogP contribution >= 0.6 is 0 Å². The number of rotatable bonds is 4. The van der Waals surface area contributed by atoms with Crippen LogP contribution in [0.25, 0.3) is 38.9 Å². The summed E-state index contributed by atoms with van der Waals surface area (Å²) in [5, 5.41) is 1.12. The first-order valence-corrected chi connectivity index (χ1v) is 11.7. The van der Waals surface area contributed by atoms with Crippen LogP contribution in [0.2, 0.25) is 0 Å². The Morgan fingerprint density at radius 1 is 1.00 bits per heavy atom. The Morgan fingerprint density at radius 3 is 2.58 bits per heavy atom. The van der Waals surface area contributed by atoms with Gasteiger partial charge in [-0.05, 0) is 37.3 Å². The zero-order valence-electron chi connectivity index (χ0n) is 19.0. The lowest BCUT2D eigenvalue weighted by atomic mass is 9.73. The van der Waals surface area contributed by atoms with Gasteiger partial charge in [0.15, 0.2) is 0 Å². The second-order valence-electron chi connectivity index (χ2n) is 9.16. The minimum Gasteiger partial charge on any atom is -0.382 e. The van der Waals surface area contributed by atoms with Crippen molar-refractivity contribution in [1.82, 2.24) is 19.4 Å². The third-order valence-electron chi connectivity index (χ3n) is 7.23. The zero-order valence-corrected chi connectivity index (χ0v) is 19.0. The van der Waals surface area contributed by atoms with Crippen molar-refractivity contribution in [1.29, 1.82) is 0 Å². The maximum Gasteiger partial charge on any atom is 0.150 e. The molecule has 1 saturated carbocycles. The number of imidazole rings is 1. The zero-order chi connectivity index (χ0) is 22.5. The van der Waals surface area contributed by atoms with Gasteiger partial charge in [0, 0.05) is 34.8 Å². The molecule has 2 aromatic carbocycles. The van der Waals surface area contributed by atoms with Crippen molar-refractivity contribution in [3.05, 3.63) is 78.4 Å². The molecule has 2 N–H and O–H groups in total. The van der Waals surface area contributed by atoms with E-state index in [4.69, 9.17) is 15.7 Å². The number of nitrogens with zero attached hydrogens (tertiary/aromatic N) is 4. The number of hydrogen-bond acceptors (Lipinski definition) is 4. The van der Waals surface area contributed by atoms with Crippen molar-refractivity contribution in [2.75, 3.05) is 5.73 Å². The van der Waals surface area contributed by atoms with Gasteiger partial charge in [0.25, 0.3) is 0 Å². The van der Waals surface area contributed by atoms with E-state index in [2.05, 4.69) is 59.6 Å². The van der Waals surface area contributed by atoms with Crippen LogP contribution in [0.3, 0.4) is 0 Å². The van der Waals surface area contributed by atoms with Gasteiger partial charge in [0.05, 0.1) is 11.2 Å². The van der Waals surface area contributed by atoms with E-state index in [0.717, 1.165) is 56.2 Å². The summed E-state index contributed by atoms with van der Waals surface area (Å²) in [5.41, 5.74) is 13.5. The molecule has 33 heavy (non-hydrogen) atoms. The molecule has 164 valence electrons. The average Bonchev–Trinajstić information content (AvgIpc) is 3.19. The number of pyridine rings is 1. The Hall–Kier alpha value is -3.73. The van der Waals surface area contributed by atoms with Gasteiger partial charge in [-0.3, -0.25) is 4.40 Å². The highest BCUT2D eigenvalue weighted by molar-refractivity contribution is 5.94. The summed E-state index contributed by atoms with van der Waals surface area (Å²) >= 11 is 0. The lowest BCUT2D eigenvalue weighted by molar-refractivity contribution is 0.247. The summed E-state index contributed by atoms with van der Waals surface area (Å²) in [6.07, 6.45) is 7.38. The first-order chi connectivity index (χ1) is 16.1. The molecule has 3 heterocycles. The molecule has 1 fully saturated rings. The number of aryl methyl sites for hydroxylation is 1.